The molecule has 0 aromatic heterocycles. The van der Waals surface area contributed by atoms with Crippen molar-refractivity contribution in [2.24, 2.45) is 5.92 Å². The molecule has 2 unspecified atom stereocenters. The Morgan fingerprint density at radius 1 is 1.47 bits per heavy atom. The summed E-state index contributed by atoms with van der Waals surface area (Å²) in [5.74, 6) is 1.11. The van der Waals surface area contributed by atoms with E-state index in [1.54, 1.807) is 0 Å². The van der Waals surface area contributed by atoms with Gasteiger partial charge in [-0.3, -0.25) is 0 Å². The highest BCUT2D eigenvalue weighted by Crippen LogP contribution is 2.32. The molecule has 1 heterocycles. The molecule has 0 aliphatic carbocycles. The van der Waals surface area contributed by atoms with E-state index >= 15 is 0 Å². The van der Waals surface area contributed by atoms with Crippen LogP contribution in [0.5, 0.6) is 5.75 Å². The van der Waals surface area contributed by atoms with Gasteiger partial charge in [-0.05, 0) is 32.4 Å². The SMILES string of the molecule is CCOc1ccccc1C(O)C1CCCNC1. The Morgan fingerprint density at radius 2 is 2.29 bits per heavy atom. The van der Waals surface area contributed by atoms with Gasteiger partial charge in [0.15, 0.2) is 0 Å². The smallest absolute Gasteiger partial charge is 0.125 e. The third-order valence-electron chi connectivity index (χ3n) is 3.32. The third kappa shape index (κ3) is 2.99. The van der Waals surface area contributed by atoms with Crippen LogP contribution in [0.1, 0.15) is 31.4 Å². The van der Waals surface area contributed by atoms with Gasteiger partial charge < -0.3 is 15.2 Å². The third-order valence-corrected chi connectivity index (χ3v) is 3.32. The Kier molecular flexibility index (Phi) is 4.40. The van der Waals surface area contributed by atoms with E-state index in [0.29, 0.717) is 12.5 Å². The first kappa shape index (κ1) is 12.4. The maximum Gasteiger partial charge on any atom is 0.125 e. The predicted molar refractivity (Wildman–Crippen MR) is 68.2 cm³/mol. The summed E-state index contributed by atoms with van der Waals surface area (Å²) in [6.07, 6.45) is 1.79. The molecule has 0 spiro atoms. The molecule has 0 saturated carbocycles. The Labute approximate surface area is 103 Å². The fourth-order valence-corrected chi connectivity index (χ4v) is 2.41. The van der Waals surface area contributed by atoms with Crippen molar-refractivity contribution in [2.45, 2.75) is 25.9 Å². The predicted octanol–water partition coefficient (Wildman–Crippen LogP) is 2.12. The van der Waals surface area contributed by atoms with E-state index in [-0.39, 0.29) is 0 Å². The lowest BCUT2D eigenvalue weighted by molar-refractivity contribution is 0.0890. The van der Waals surface area contributed by atoms with Gasteiger partial charge in [-0.15, -0.1) is 0 Å². The molecule has 1 aromatic carbocycles. The number of benzene rings is 1. The second-order valence-electron chi connectivity index (χ2n) is 4.52. The van der Waals surface area contributed by atoms with Crippen molar-refractivity contribution in [1.82, 2.24) is 5.32 Å². The molecule has 1 saturated heterocycles. The van der Waals surface area contributed by atoms with E-state index in [9.17, 15) is 5.11 Å². The van der Waals surface area contributed by atoms with Crippen LogP contribution < -0.4 is 10.1 Å². The molecular formula is C14H21NO2. The summed E-state index contributed by atoms with van der Waals surface area (Å²) < 4.78 is 5.57. The van der Waals surface area contributed by atoms with Crippen molar-refractivity contribution in [3.63, 3.8) is 0 Å². The lowest BCUT2D eigenvalue weighted by atomic mass is 9.89. The molecule has 3 nitrogen and oxygen atoms in total. The average Bonchev–Trinajstić information content (AvgIpc) is 2.40. The summed E-state index contributed by atoms with van der Waals surface area (Å²) in [7, 11) is 0. The van der Waals surface area contributed by atoms with Crippen LogP contribution in [-0.4, -0.2) is 24.8 Å². The summed E-state index contributed by atoms with van der Waals surface area (Å²) in [5.41, 5.74) is 0.919. The summed E-state index contributed by atoms with van der Waals surface area (Å²) in [4.78, 5) is 0. The van der Waals surface area contributed by atoms with E-state index in [1.807, 2.05) is 31.2 Å². The Balaban J connectivity index is 2.14. The zero-order valence-electron chi connectivity index (χ0n) is 10.4. The number of hydrogen-bond acceptors (Lipinski definition) is 3. The highest BCUT2D eigenvalue weighted by molar-refractivity contribution is 5.35. The molecule has 0 amide bonds. The first-order chi connectivity index (χ1) is 8.33. The molecule has 17 heavy (non-hydrogen) atoms. The van der Waals surface area contributed by atoms with E-state index < -0.39 is 6.10 Å². The number of piperidine rings is 1. The summed E-state index contributed by atoms with van der Waals surface area (Å²) in [6.45, 7) is 4.55. The second-order valence-corrected chi connectivity index (χ2v) is 4.52. The highest BCUT2D eigenvalue weighted by atomic mass is 16.5. The molecule has 1 fully saturated rings. The van der Waals surface area contributed by atoms with Crippen LogP contribution in [0.15, 0.2) is 24.3 Å². The van der Waals surface area contributed by atoms with Gasteiger partial charge in [0.1, 0.15) is 5.75 Å². The standard InChI is InChI=1S/C14H21NO2/c1-2-17-13-8-4-3-7-12(13)14(16)11-6-5-9-15-10-11/h3-4,7-8,11,14-16H,2,5-6,9-10H2,1H3. The van der Waals surface area contributed by atoms with E-state index in [1.165, 1.54) is 0 Å². The molecule has 2 N–H and O–H groups in total. The van der Waals surface area contributed by atoms with Gasteiger partial charge >= 0.3 is 0 Å². The maximum atomic E-state index is 10.4. The molecular weight excluding hydrogens is 214 g/mol. The van der Waals surface area contributed by atoms with Gasteiger partial charge in [-0.2, -0.15) is 0 Å². The number of aliphatic hydroxyl groups is 1. The minimum atomic E-state index is -0.425. The fraction of sp³-hybridized carbons (Fsp3) is 0.571. The summed E-state index contributed by atoms with van der Waals surface area (Å²) in [6, 6.07) is 7.79. The molecule has 2 atom stereocenters. The molecule has 1 aliphatic heterocycles. The van der Waals surface area contributed by atoms with Crippen LogP contribution in [0.2, 0.25) is 0 Å². The number of rotatable bonds is 4. The zero-order valence-corrected chi connectivity index (χ0v) is 10.4. The largest absolute Gasteiger partial charge is 0.493 e. The van der Waals surface area contributed by atoms with Crippen molar-refractivity contribution in [3.05, 3.63) is 29.8 Å². The fourth-order valence-electron chi connectivity index (χ4n) is 2.41. The topological polar surface area (TPSA) is 41.5 Å². The lowest BCUT2D eigenvalue weighted by Gasteiger charge is -2.28. The number of nitrogens with one attached hydrogen (secondary N) is 1. The molecule has 3 heteroatoms. The van der Waals surface area contributed by atoms with Crippen molar-refractivity contribution in [2.75, 3.05) is 19.7 Å². The van der Waals surface area contributed by atoms with Crippen molar-refractivity contribution in [1.29, 1.82) is 0 Å². The Bertz CT molecular complexity index is 348. The monoisotopic (exact) mass is 235 g/mol. The van der Waals surface area contributed by atoms with Crippen LogP contribution >= 0.6 is 0 Å². The van der Waals surface area contributed by atoms with Crippen LogP contribution in [0, 0.1) is 5.92 Å². The van der Waals surface area contributed by atoms with Gasteiger partial charge in [-0.25, -0.2) is 0 Å². The quantitative estimate of drug-likeness (QED) is 0.840. The van der Waals surface area contributed by atoms with Gasteiger partial charge in [0.25, 0.3) is 0 Å². The summed E-state index contributed by atoms with van der Waals surface area (Å²) >= 11 is 0. The van der Waals surface area contributed by atoms with Crippen LogP contribution in [0.25, 0.3) is 0 Å². The van der Waals surface area contributed by atoms with E-state index in [4.69, 9.17) is 4.74 Å². The Hall–Kier alpha value is -1.06. The molecule has 94 valence electrons. The minimum absolute atomic E-state index is 0.297. The van der Waals surface area contributed by atoms with Crippen LogP contribution in [-0.2, 0) is 0 Å². The number of aliphatic hydroxyl groups excluding tert-OH is 1. The van der Waals surface area contributed by atoms with E-state index in [0.717, 1.165) is 37.2 Å². The zero-order chi connectivity index (χ0) is 12.1. The molecule has 0 radical (unpaired) electrons. The normalized spacial score (nSPS) is 22.1. The van der Waals surface area contributed by atoms with Gasteiger partial charge in [0.2, 0.25) is 0 Å². The average molecular weight is 235 g/mol. The lowest BCUT2D eigenvalue weighted by Crippen LogP contribution is -2.33. The minimum Gasteiger partial charge on any atom is -0.493 e. The molecule has 1 aliphatic rings. The first-order valence-corrected chi connectivity index (χ1v) is 6.43. The summed E-state index contributed by atoms with van der Waals surface area (Å²) in [5, 5.41) is 13.8. The Morgan fingerprint density at radius 3 is 3.00 bits per heavy atom. The number of hydrogen-bond donors (Lipinski definition) is 2. The maximum absolute atomic E-state index is 10.4. The van der Waals surface area contributed by atoms with Gasteiger partial charge in [0, 0.05) is 18.0 Å². The van der Waals surface area contributed by atoms with Crippen molar-refractivity contribution >= 4 is 0 Å². The number of ether oxygens (including phenoxy) is 1. The first-order valence-electron chi connectivity index (χ1n) is 6.43. The number of para-hydroxylation sites is 1. The van der Waals surface area contributed by atoms with Crippen molar-refractivity contribution < 1.29 is 9.84 Å². The molecule has 1 aromatic rings. The van der Waals surface area contributed by atoms with Gasteiger partial charge in [0.05, 0.1) is 12.7 Å². The van der Waals surface area contributed by atoms with Crippen molar-refractivity contribution in [3.8, 4) is 5.75 Å². The van der Waals surface area contributed by atoms with Gasteiger partial charge in [-0.1, -0.05) is 18.2 Å². The second kappa shape index (κ2) is 6.03. The highest BCUT2D eigenvalue weighted by Gasteiger charge is 2.25. The van der Waals surface area contributed by atoms with Crippen LogP contribution in [0.4, 0.5) is 0 Å². The molecule has 0 bridgehead atoms. The molecule has 2 rings (SSSR count). The van der Waals surface area contributed by atoms with Crippen LogP contribution in [0.3, 0.4) is 0 Å². The van der Waals surface area contributed by atoms with E-state index in [2.05, 4.69) is 5.32 Å².